The predicted octanol–water partition coefficient (Wildman–Crippen LogP) is 7.85. The van der Waals surface area contributed by atoms with Gasteiger partial charge in [0, 0.05) is 34.6 Å². The first-order valence-electron chi connectivity index (χ1n) is 14.4. The number of nitrogens with zero attached hydrogens (tertiary/aromatic N) is 3. The van der Waals surface area contributed by atoms with Gasteiger partial charge in [-0.05, 0) is 103 Å². The number of hydrogen-bond donors (Lipinski definition) is 0. The molecule has 0 spiro atoms. The fourth-order valence-corrected chi connectivity index (χ4v) is 8.14. The average molecular weight is 623 g/mol. The summed E-state index contributed by atoms with van der Waals surface area (Å²) in [6.07, 6.45) is 6.67. The highest BCUT2D eigenvalue weighted by molar-refractivity contribution is 7.89. The molecule has 0 radical (unpaired) electrons. The zero-order valence-corrected chi connectivity index (χ0v) is 25.7. The molecule has 2 fully saturated rings. The quantitative estimate of drug-likeness (QED) is 0.291. The van der Waals surface area contributed by atoms with Crippen LogP contribution in [0.2, 0.25) is 10.0 Å². The first-order valence-corrected chi connectivity index (χ1v) is 16.6. The summed E-state index contributed by atoms with van der Waals surface area (Å²) in [7, 11) is -3.59. The molecule has 3 aliphatic rings. The van der Waals surface area contributed by atoms with Gasteiger partial charge in [-0.15, -0.1) is 0 Å². The maximum Gasteiger partial charge on any atom is 0.274 e. The molecule has 2 aliphatic heterocycles. The normalized spacial score (nSPS) is 24.0. The topological polar surface area (TPSA) is 70.0 Å². The number of hydrazone groups is 1. The maximum atomic E-state index is 14.1. The van der Waals surface area contributed by atoms with Crippen molar-refractivity contribution in [3.63, 3.8) is 0 Å². The van der Waals surface area contributed by atoms with Crippen LogP contribution in [-0.2, 0) is 10.0 Å². The second kappa shape index (κ2) is 12.0. The number of amides is 1. The van der Waals surface area contributed by atoms with E-state index in [0.717, 1.165) is 54.5 Å². The average Bonchev–Trinajstić information content (AvgIpc) is 3.38. The van der Waals surface area contributed by atoms with Crippen LogP contribution in [-0.4, -0.2) is 42.4 Å². The Labute approximate surface area is 257 Å². The third-order valence-corrected chi connectivity index (χ3v) is 10.9. The Kier molecular flexibility index (Phi) is 8.29. The molecule has 6 nitrogen and oxygen atoms in total. The molecular formula is C33H33Cl2N3O3S. The summed E-state index contributed by atoms with van der Waals surface area (Å²) in [4.78, 5) is 14.3. The highest BCUT2D eigenvalue weighted by atomic mass is 35.5. The molecule has 0 unspecified atom stereocenters. The molecule has 3 aromatic rings. The summed E-state index contributed by atoms with van der Waals surface area (Å²) < 4.78 is 27.9. The van der Waals surface area contributed by atoms with Gasteiger partial charge in [0.2, 0.25) is 10.0 Å². The number of halogens is 2. The number of piperidine rings is 1. The number of carbonyl (C=O) groups is 1. The Morgan fingerprint density at radius 2 is 1.50 bits per heavy atom. The third-order valence-electron chi connectivity index (χ3n) is 8.45. The second-order valence-electron chi connectivity index (χ2n) is 11.5. The van der Waals surface area contributed by atoms with E-state index in [1.807, 2.05) is 48.5 Å². The van der Waals surface area contributed by atoms with Crippen molar-refractivity contribution in [2.24, 2.45) is 16.9 Å². The molecule has 6 rings (SSSR count). The zero-order valence-electron chi connectivity index (χ0n) is 23.4. The lowest BCUT2D eigenvalue weighted by atomic mass is 9.73. The van der Waals surface area contributed by atoms with Crippen LogP contribution in [0.1, 0.15) is 66.6 Å². The van der Waals surface area contributed by atoms with Crippen LogP contribution in [0.4, 0.5) is 0 Å². The van der Waals surface area contributed by atoms with Crippen molar-refractivity contribution in [1.29, 1.82) is 0 Å². The van der Waals surface area contributed by atoms with Crippen molar-refractivity contribution in [2.45, 2.75) is 50.0 Å². The van der Waals surface area contributed by atoms with Gasteiger partial charge in [-0.3, -0.25) is 4.79 Å². The monoisotopic (exact) mass is 621 g/mol. The van der Waals surface area contributed by atoms with Gasteiger partial charge in [-0.25, -0.2) is 13.4 Å². The molecule has 3 atom stereocenters. The van der Waals surface area contributed by atoms with Crippen LogP contribution in [0, 0.1) is 11.8 Å². The number of allylic oxidation sites excluding steroid dienone is 1. The fourth-order valence-electron chi connectivity index (χ4n) is 6.37. The van der Waals surface area contributed by atoms with Crippen LogP contribution in [0.5, 0.6) is 0 Å². The lowest BCUT2D eigenvalue weighted by Gasteiger charge is -2.32. The molecule has 2 heterocycles. The molecule has 1 saturated carbocycles. The van der Waals surface area contributed by atoms with Crippen LogP contribution in [0.15, 0.2) is 88.4 Å². The van der Waals surface area contributed by atoms with Crippen molar-refractivity contribution in [3.05, 3.63) is 105 Å². The van der Waals surface area contributed by atoms with E-state index in [4.69, 9.17) is 28.3 Å². The summed E-state index contributed by atoms with van der Waals surface area (Å²) in [5.41, 5.74) is 4.41. The van der Waals surface area contributed by atoms with Gasteiger partial charge in [0.05, 0.1) is 16.6 Å². The SMILES string of the molecule is C[C@@H]1C/C(=C\c2ccc(Cl)cc2)C2=NN(C(=O)c3ccc(S(=O)(=O)N4CCCCC4)cc3)[C@@H](c3ccc(Cl)cc3)[C@@H]2C1. The third kappa shape index (κ3) is 5.80. The van der Waals surface area contributed by atoms with E-state index in [-0.39, 0.29) is 22.8 Å². The molecule has 1 saturated heterocycles. The van der Waals surface area contributed by atoms with E-state index < -0.39 is 10.0 Å². The largest absolute Gasteiger partial charge is 0.274 e. The van der Waals surface area contributed by atoms with Gasteiger partial charge in [0.15, 0.2) is 0 Å². The molecule has 218 valence electrons. The molecule has 0 bridgehead atoms. The van der Waals surface area contributed by atoms with E-state index in [0.29, 0.717) is 34.6 Å². The Hall–Kier alpha value is -2.97. The Balaban J connectivity index is 1.36. The predicted molar refractivity (Wildman–Crippen MR) is 168 cm³/mol. The minimum Gasteiger partial charge on any atom is -0.267 e. The standard InChI is InChI=1S/C33H33Cl2N3O3S/c1-22-19-26(21-23-5-11-27(34)12-6-23)31-30(20-22)32(24-7-13-28(35)14-8-24)38(36-31)33(39)25-9-15-29(16-10-25)42(40,41)37-17-3-2-4-18-37/h5-16,21-22,30,32H,2-4,17-20H2,1H3/b26-21+/t22-,30-,32+/m1/s1. The Bertz CT molecular complexity index is 1630. The van der Waals surface area contributed by atoms with Crippen molar-refractivity contribution in [2.75, 3.05) is 13.1 Å². The number of sulfonamides is 1. The van der Waals surface area contributed by atoms with Gasteiger partial charge < -0.3 is 0 Å². The van der Waals surface area contributed by atoms with Crippen molar-refractivity contribution < 1.29 is 13.2 Å². The van der Waals surface area contributed by atoms with Gasteiger partial charge >= 0.3 is 0 Å². The van der Waals surface area contributed by atoms with Gasteiger partial charge in [-0.2, -0.15) is 9.41 Å². The molecule has 9 heteroatoms. The first-order chi connectivity index (χ1) is 20.2. The van der Waals surface area contributed by atoms with Crippen LogP contribution in [0.3, 0.4) is 0 Å². The van der Waals surface area contributed by atoms with Crippen molar-refractivity contribution >= 4 is 50.9 Å². The smallest absolute Gasteiger partial charge is 0.267 e. The van der Waals surface area contributed by atoms with Gasteiger partial charge in [0.1, 0.15) is 0 Å². The first kappa shape index (κ1) is 29.1. The summed E-state index contributed by atoms with van der Waals surface area (Å²) >= 11 is 12.3. The molecular weight excluding hydrogens is 589 g/mol. The minimum atomic E-state index is -3.59. The number of carbonyl (C=O) groups excluding carboxylic acids is 1. The summed E-state index contributed by atoms with van der Waals surface area (Å²) in [6, 6.07) is 21.3. The number of rotatable bonds is 5. The fraction of sp³-hybridized carbons (Fsp3) is 0.333. The molecule has 1 amide bonds. The van der Waals surface area contributed by atoms with Crippen molar-refractivity contribution in [1.82, 2.24) is 9.31 Å². The Morgan fingerprint density at radius 3 is 2.14 bits per heavy atom. The zero-order chi connectivity index (χ0) is 29.4. The summed E-state index contributed by atoms with van der Waals surface area (Å²) in [5.74, 6) is 0.144. The van der Waals surface area contributed by atoms with E-state index in [9.17, 15) is 13.2 Å². The minimum absolute atomic E-state index is 0.0104. The van der Waals surface area contributed by atoms with Crippen molar-refractivity contribution in [3.8, 4) is 0 Å². The van der Waals surface area contributed by atoms with Gasteiger partial charge in [0.25, 0.3) is 5.91 Å². The lowest BCUT2D eigenvalue weighted by molar-refractivity contribution is 0.0676. The van der Waals surface area contributed by atoms with E-state index in [2.05, 4.69) is 13.0 Å². The Morgan fingerprint density at radius 1 is 0.881 bits per heavy atom. The molecule has 3 aromatic carbocycles. The molecule has 1 aliphatic carbocycles. The van der Waals surface area contributed by atoms with Crippen LogP contribution in [0.25, 0.3) is 6.08 Å². The van der Waals surface area contributed by atoms with E-state index in [1.54, 1.807) is 29.3 Å². The summed E-state index contributed by atoms with van der Waals surface area (Å²) in [5, 5.41) is 7.88. The molecule has 0 N–H and O–H groups in total. The number of fused-ring (bicyclic) bond motifs is 1. The number of hydrogen-bond acceptors (Lipinski definition) is 4. The number of benzene rings is 3. The lowest BCUT2D eigenvalue weighted by Crippen LogP contribution is -2.35. The van der Waals surface area contributed by atoms with Crippen LogP contribution < -0.4 is 0 Å². The molecule has 0 aromatic heterocycles. The van der Waals surface area contributed by atoms with E-state index >= 15 is 0 Å². The van der Waals surface area contributed by atoms with Crippen LogP contribution >= 0.6 is 23.2 Å². The second-order valence-corrected chi connectivity index (χ2v) is 14.3. The maximum absolute atomic E-state index is 14.1. The van der Waals surface area contributed by atoms with E-state index in [1.165, 1.54) is 4.31 Å². The molecule has 42 heavy (non-hydrogen) atoms. The highest BCUT2D eigenvalue weighted by Crippen LogP contribution is 2.46. The highest BCUT2D eigenvalue weighted by Gasteiger charge is 2.45. The summed E-state index contributed by atoms with van der Waals surface area (Å²) in [6.45, 7) is 3.29. The van der Waals surface area contributed by atoms with Gasteiger partial charge in [-0.1, -0.05) is 60.8 Å².